The monoisotopic (exact) mass is 364 g/mol. The molecular weight excluding hydrogens is 344 g/mol. The number of carbonyl (C=O) groups excluding carboxylic acids is 1. The number of carbonyl (C=O) groups is 1. The molecule has 0 saturated heterocycles. The Balaban J connectivity index is 1.52. The highest BCUT2D eigenvalue weighted by atomic mass is 32.1. The van der Waals surface area contributed by atoms with E-state index in [1.54, 1.807) is 0 Å². The van der Waals surface area contributed by atoms with Crippen molar-refractivity contribution in [1.29, 1.82) is 0 Å². The average Bonchev–Trinajstić information content (AvgIpc) is 3.09. The lowest BCUT2D eigenvalue weighted by Gasteiger charge is -2.17. The average molecular weight is 364 g/mol. The number of amides is 1. The summed E-state index contributed by atoms with van der Waals surface area (Å²) in [6, 6.07) is 20.3. The molecule has 26 heavy (non-hydrogen) atoms. The SMILES string of the molecule is O=C(CC(c1ccccc1)c1ccccc1)Nc1nc2c(s1)COCC2. The summed E-state index contributed by atoms with van der Waals surface area (Å²) in [5, 5.41) is 3.65. The first-order valence-corrected chi connectivity index (χ1v) is 9.57. The van der Waals surface area contributed by atoms with Gasteiger partial charge in [-0.15, -0.1) is 0 Å². The quantitative estimate of drug-likeness (QED) is 0.731. The van der Waals surface area contributed by atoms with Crippen molar-refractivity contribution in [1.82, 2.24) is 4.98 Å². The van der Waals surface area contributed by atoms with Crippen LogP contribution in [0.4, 0.5) is 5.13 Å². The molecule has 0 radical (unpaired) electrons. The summed E-state index contributed by atoms with van der Waals surface area (Å²) in [5.41, 5.74) is 3.33. The first kappa shape index (κ1) is 16.9. The molecule has 132 valence electrons. The van der Waals surface area contributed by atoms with E-state index in [1.807, 2.05) is 36.4 Å². The van der Waals surface area contributed by atoms with Gasteiger partial charge in [-0.2, -0.15) is 0 Å². The highest BCUT2D eigenvalue weighted by Crippen LogP contribution is 2.30. The van der Waals surface area contributed by atoms with Crippen molar-refractivity contribution >= 4 is 22.4 Å². The molecule has 5 heteroatoms. The first-order valence-electron chi connectivity index (χ1n) is 8.75. The van der Waals surface area contributed by atoms with Crippen LogP contribution >= 0.6 is 11.3 Å². The fourth-order valence-electron chi connectivity index (χ4n) is 3.23. The molecule has 1 aliphatic rings. The van der Waals surface area contributed by atoms with Crippen LogP contribution in [0.15, 0.2) is 60.7 Å². The highest BCUT2D eigenvalue weighted by molar-refractivity contribution is 7.15. The zero-order valence-electron chi connectivity index (χ0n) is 14.4. The molecule has 2 aromatic carbocycles. The van der Waals surface area contributed by atoms with Crippen LogP contribution in [0.2, 0.25) is 0 Å². The van der Waals surface area contributed by atoms with Crippen molar-refractivity contribution in [2.75, 3.05) is 11.9 Å². The lowest BCUT2D eigenvalue weighted by molar-refractivity contribution is -0.116. The molecule has 1 aliphatic heterocycles. The minimum Gasteiger partial charge on any atom is -0.375 e. The van der Waals surface area contributed by atoms with Crippen LogP contribution in [0, 0.1) is 0 Å². The Bertz CT molecular complexity index is 815. The maximum absolute atomic E-state index is 12.7. The Labute approximate surface area is 156 Å². The van der Waals surface area contributed by atoms with E-state index in [0.717, 1.165) is 28.1 Å². The zero-order chi connectivity index (χ0) is 17.8. The number of rotatable bonds is 5. The Morgan fingerprint density at radius 3 is 2.35 bits per heavy atom. The van der Waals surface area contributed by atoms with Crippen molar-refractivity contribution in [3.8, 4) is 0 Å². The van der Waals surface area contributed by atoms with Gasteiger partial charge in [0, 0.05) is 18.8 Å². The normalized spacial score (nSPS) is 13.4. The molecular formula is C21H20N2O2S. The van der Waals surface area contributed by atoms with Gasteiger partial charge >= 0.3 is 0 Å². The number of ether oxygens (including phenoxy) is 1. The minimum absolute atomic E-state index is 0.0188. The van der Waals surface area contributed by atoms with Gasteiger partial charge in [0.25, 0.3) is 0 Å². The first-order chi connectivity index (χ1) is 12.8. The summed E-state index contributed by atoms with van der Waals surface area (Å²) in [7, 11) is 0. The molecule has 0 atom stereocenters. The van der Waals surface area contributed by atoms with Crippen LogP contribution in [0.1, 0.15) is 34.0 Å². The van der Waals surface area contributed by atoms with Crippen LogP contribution in [0.25, 0.3) is 0 Å². The number of nitrogens with one attached hydrogen (secondary N) is 1. The van der Waals surface area contributed by atoms with Gasteiger partial charge in [-0.05, 0) is 11.1 Å². The van der Waals surface area contributed by atoms with Gasteiger partial charge in [-0.3, -0.25) is 4.79 Å². The largest absolute Gasteiger partial charge is 0.375 e. The van der Waals surface area contributed by atoms with E-state index in [2.05, 4.69) is 34.6 Å². The molecule has 1 aromatic heterocycles. The van der Waals surface area contributed by atoms with E-state index in [-0.39, 0.29) is 11.8 Å². The van der Waals surface area contributed by atoms with Crippen LogP contribution in [-0.4, -0.2) is 17.5 Å². The standard InChI is InChI=1S/C21H20N2O2S/c24-20(23-21-22-18-11-12-25-14-19(18)26-21)13-17(15-7-3-1-4-8-15)16-9-5-2-6-10-16/h1-10,17H,11-14H2,(H,22,23,24). The van der Waals surface area contributed by atoms with Gasteiger partial charge in [0.05, 0.1) is 23.8 Å². The third-order valence-electron chi connectivity index (χ3n) is 4.53. The summed E-state index contributed by atoms with van der Waals surface area (Å²) in [5.74, 6) is 0.00467. The van der Waals surface area contributed by atoms with Gasteiger partial charge in [-0.25, -0.2) is 4.98 Å². The third kappa shape index (κ3) is 3.84. The topological polar surface area (TPSA) is 51.2 Å². The molecule has 0 unspecified atom stereocenters. The Morgan fingerprint density at radius 2 is 1.73 bits per heavy atom. The van der Waals surface area contributed by atoms with E-state index in [0.29, 0.717) is 24.8 Å². The number of aromatic nitrogens is 1. The van der Waals surface area contributed by atoms with E-state index < -0.39 is 0 Å². The molecule has 4 nitrogen and oxygen atoms in total. The molecule has 0 spiro atoms. The van der Waals surface area contributed by atoms with Gasteiger partial charge in [-0.1, -0.05) is 72.0 Å². The molecule has 0 bridgehead atoms. The van der Waals surface area contributed by atoms with Crippen molar-refractivity contribution in [2.24, 2.45) is 0 Å². The van der Waals surface area contributed by atoms with Crippen molar-refractivity contribution in [2.45, 2.75) is 25.4 Å². The van der Waals surface area contributed by atoms with Crippen LogP contribution in [0.3, 0.4) is 0 Å². The Hall–Kier alpha value is -2.50. The third-order valence-corrected chi connectivity index (χ3v) is 5.52. The number of hydrogen-bond donors (Lipinski definition) is 1. The van der Waals surface area contributed by atoms with E-state index in [9.17, 15) is 4.79 Å². The molecule has 0 saturated carbocycles. The van der Waals surface area contributed by atoms with Crippen molar-refractivity contribution in [3.05, 3.63) is 82.4 Å². The second kappa shape index (κ2) is 7.81. The maximum Gasteiger partial charge on any atom is 0.227 e. The zero-order valence-corrected chi connectivity index (χ0v) is 15.2. The molecule has 4 rings (SSSR count). The smallest absolute Gasteiger partial charge is 0.227 e. The van der Waals surface area contributed by atoms with Crippen LogP contribution in [-0.2, 0) is 22.6 Å². The fraction of sp³-hybridized carbons (Fsp3) is 0.238. The highest BCUT2D eigenvalue weighted by Gasteiger charge is 2.20. The molecule has 0 fully saturated rings. The molecule has 1 N–H and O–H groups in total. The lowest BCUT2D eigenvalue weighted by Crippen LogP contribution is -2.16. The van der Waals surface area contributed by atoms with E-state index in [1.165, 1.54) is 11.3 Å². The van der Waals surface area contributed by atoms with Gasteiger partial charge in [0.15, 0.2) is 5.13 Å². The fourth-order valence-corrected chi connectivity index (χ4v) is 4.20. The lowest BCUT2D eigenvalue weighted by atomic mass is 9.88. The second-order valence-electron chi connectivity index (χ2n) is 6.32. The molecule has 2 heterocycles. The number of nitrogens with zero attached hydrogens (tertiary/aromatic N) is 1. The number of thiazole rings is 1. The summed E-state index contributed by atoms with van der Waals surface area (Å²) >= 11 is 1.51. The van der Waals surface area contributed by atoms with Gasteiger partial charge < -0.3 is 10.1 Å². The van der Waals surface area contributed by atoms with E-state index >= 15 is 0 Å². The van der Waals surface area contributed by atoms with Gasteiger partial charge in [0.2, 0.25) is 5.91 Å². The summed E-state index contributed by atoms with van der Waals surface area (Å²) < 4.78 is 5.45. The van der Waals surface area contributed by atoms with Crippen molar-refractivity contribution < 1.29 is 9.53 Å². The maximum atomic E-state index is 12.7. The Morgan fingerprint density at radius 1 is 1.08 bits per heavy atom. The number of hydrogen-bond acceptors (Lipinski definition) is 4. The Kier molecular flexibility index (Phi) is 5.09. The summed E-state index contributed by atoms with van der Waals surface area (Å²) in [4.78, 5) is 18.4. The summed E-state index contributed by atoms with van der Waals surface area (Å²) in [6.07, 6.45) is 1.20. The van der Waals surface area contributed by atoms with E-state index in [4.69, 9.17) is 4.74 Å². The summed E-state index contributed by atoms with van der Waals surface area (Å²) in [6.45, 7) is 1.30. The number of anilines is 1. The van der Waals surface area contributed by atoms with Gasteiger partial charge in [0.1, 0.15) is 0 Å². The number of benzene rings is 2. The van der Waals surface area contributed by atoms with Crippen LogP contribution < -0.4 is 5.32 Å². The van der Waals surface area contributed by atoms with Crippen LogP contribution in [0.5, 0.6) is 0 Å². The predicted octanol–water partition coefficient (Wildman–Crippen LogP) is 4.38. The minimum atomic E-state index is -0.0188. The molecule has 0 aliphatic carbocycles. The molecule has 3 aromatic rings. The second-order valence-corrected chi connectivity index (χ2v) is 7.40. The van der Waals surface area contributed by atoms with Crippen molar-refractivity contribution in [3.63, 3.8) is 0 Å². The molecule has 1 amide bonds. The predicted molar refractivity (Wildman–Crippen MR) is 103 cm³/mol. The number of fused-ring (bicyclic) bond motifs is 1.